The molecule has 0 radical (unpaired) electrons. The van der Waals surface area contributed by atoms with Crippen molar-refractivity contribution in [1.82, 2.24) is 20.0 Å². The second-order valence-corrected chi connectivity index (χ2v) is 9.99. The van der Waals surface area contributed by atoms with Crippen molar-refractivity contribution >= 4 is 40.0 Å². The highest BCUT2D eigenvalue weighted by Gasteiger charge is 2.33. The molecule has 0 aliphatic carbocycles. The maximum Gasteiger partial charge on any atom is 0.267 e. The maximum absolute atomic E-state index is 12.9. The van der Waals surface area contributed by atoms with E-state index in [-0.39, 0.29) is 18.4 Å². The van der Waals surface area contributed by atoms with Crippen molar-refractivity contribution < 1.29 is 23.8 Å². The van der Waals surface area contributed by atoms with Gasteiger partial charge in [0.2, 0.25) is 17.1 Å². The number of nitrogens with zero attached hydrogens (tertiary/aromatic N) is 5. The van der Waals surface area contributed by atoms with Crippen LogP contribution in [0.3, 0.4) is 0 Å². The molecule has 0 saturated carbocycles. The molecule has 2 aromatic rings. The molecule has 0 N–H and O–H groups in total. The molecule has 3 aliphatic heterocycles. The van der Waals surface area contributed by atoms with Crippen LogP contribution >= 0.6 is 23.1 Å². The highest BCUT2D eigenvalue weighted by atomic mass is 32.2. The third-order valence-corrected chi connectivity index (χ3v) is 7.83. The minimum absolute atomic E-state index is 0.0430. The van der Waals surface area contributed by atoms with Crippen LogP contribution in [0.15, 0.2) is 28.6 Å². The van der Waals surface area contributed by atoms with E-state index < -0.39 is 6.10 Å². The Morgan fingerprint density at radius 1 is 1.00 bits per heavy atom. The Balaban J connectivity index is 1.07. The number of aromatic nitrogens is 2. The van der Waals surface area contributed by atoms with Crippen LogP contribution in [-0.4, -0.2) is 103 Å². The topological polar surface area (TPSA) is 97.3 Å². The first kappa shape index (κ1) is 22.2. The largest absolute Gasteiger partial charge is 0.485 e. The van der Waals surface area contributed by atoms with Crippen molar-refractivity contribution in [3.63, 3.8) is 0 Å². The highest BCUT2D eigenvalue weighted by molar-refractivity contribution is 8.01. The zero-order chi connectivity index (χ0) is 22.6. The summed E-state index contributed by atoms with van der Waals surface area (Å²) in [6.45, 7) is 5.18. The summed E-state index contributed by atoms with van der Waals surface area (Å²) >= 11 is 2.91. The number of fused-ring (bicyclic) bond motifs is 1. The van der Waals surface area contributed by atoms with Crippen LogP contribution in [0.5, 0.6) is 11.5 Å². The average Bonchev–Trinajstić information content (AvgIpc) is 3.36. The molecule has 3 aliphatic rings. The summed E-state index contributed by atoms with van der Waals surface area (Å²) in [5.74, 6) is 1.49. The molecule has 10 nitrogen and oxygen atoms in total. The fraction of sp³-hybridized carbons (Fsp3) is 0.524. The van der Waals surface area contributed by atoms with Gasteiger partial charge in [-0.25, -0.2) is 0 Å². The van der Waals surface area contributed by atoms with Gasteiger partial charge in [0.05, 0.1) is 19.0 Å². The van der Waals surface area contributed by atoms with Gasteiger partial charge in [-0.1, -0.05) is 35.2 Å². The van der Waals surface area contributed by atoms with Crippen LogP contribution < -0.4 is 14.4 Å². The number of carbonyl (C=O) groups is 2. The molecule has 5 rings (SSSR count). The van der Waals surface area contributed by atoms with Gasteiger partial charge in [-0.2, -0.15) is 0 Å². The molecule has 0 spiro atoms. The Kier molecular flexibility index (Phi) is 6.83. The van der Waals surface area contributed by atoms with Crippen molar-refractivity contribution in [3.8, 4) is 11.5 Å². The Hall–Kier alpha value is -2.57. The van der Waals surface area contributed by atoms with Crippen molar-refractivity contribution in [1.29, 1.82) is 0 Å². The monoisotopic (exact) mass is 491 g/mol. The molecule has 4 heterocycles. The number of piperazine rings is 1. The normalized spacial score (nSPS) is 20.6. The molecule has 1 atom stereocenters. The minimum Gasteiger partial charge on any atom is -0.485 e. The number of carbonyl (C=O) groups excluding carboxylic acids is 2. The molecule has 12 heteroatoms. The van der Waals surface area contributed by atoms with Crippen LogP contribution in [0.1, 0.15) is 0 Å². The lowest BCUT2D eigenvalue weighted by atomic mass is 10.2. The lowest BCUT2D eigenvalue weighted by molar-refractivity contribution is -0.145. The fourth-order valence-corrected chi connectivity index (χ4v) is 5.67. The van der Waals surface area contributed by atoms with Gasteiger partial charge in [-0.05, 0) is 12.1 Å². The molecule has 1 aromatic carbocycles. The van der Waals surface area contributed by atoms with Gasteiger partial charge < -0.3 is 28.9 Å². The van der Waals surface area contributed by atoms with E-state index in [0.717, 1.165) is 22.6 Å². The van der Waals surface area contributed by atoms with Crippen LogP contribution in [0.2, 0.25) is 0 Å². The first-order valence-corrected chi connectivity index (χ1v) is 12.7. The van der Waals surface area contributed by atoms with Crippen molar-refractivity contribution in [2.75, 3.05) is 69.7 Å². The summed E-state index contributed by atoms with van der Waals surface area (Å²) in [4.78, 5) is 31.3. The summed E-state index contributed by atoms with van der Waals surface area (Å²) in [5, 5.41) is 9.33. The van der Waals surface area contributed by atoms with Crippen molar-refractivity contribution in [2.24, 2.45) is 0 Å². The van der Waals surface area contributed by atoms with E-state index in [4.69, 9.17) is 14.2 Å². The van der Waals surface area contributed by atoms with E-state index in [0.29, 0.717) is 56.6 Å². The van der Waals surface area contributed by atoms with Gasteiger partial charge in [0.15, 0.2) is 15.8 Å². The number of anilines is 1. The molecule has 2 saturated heterocycles. The molecule has 1 aromatic heterocycles. The third kappa shape index (κ3) is 5.17. The zero-order valence-corrected chi connectivity index (χ0v) is 19.7. The Bertz CT molecular complexity index is 991. The number of para-hydroxylation sites is 2. The maximum atomic E-state index is 12.9. The molecule has 1 unspecified atom stereocenters. The molecular formula is C21H25N5O5S2. The number of hydrogen-bond donors (Lipinski definition) is 0. The van der Waals surface area contributed by atoms with Gasteiger partial charge in [0.1, 0.15) is 6.61 Å². The van der Waals surface area contributed by atoms with E-state index in [9.17, 15) is 9.59 Å². The zero-order valence-electron chi connectivity index (χ0n) is 18.1. The van der Waals surface area contributed by atoms with E-state index in [2.05, 4.69) is 15.1 Å². The van der Waals surface area contributed by atoms with Crippen molar-refractivity contribution in [2.45, 2.75) is 10.4 Å². The predicted octanol–water partition coefficient (Wildman–Crippen LogP) is 0.978. The fourth-order valence-electron chi connectivity index (χ4n) is 3.88. The number of amides is 2. The summed E-state index contributed by atoms with van der Waals surface area (Å²) in [6.07, 6.45) is -0.657. The summed E-state index contributed by atoms with van der Waals surface area (Å²) < 4.78 is 17.6. The number of morpholine rings is 1. The summed E-state index contributed by atoms with van der Waals surface area (Å²) in [7, 11) is 0. The summed E-state index contributed by atoms with van der Waals surface area (Å²) in [6, 6.07) is 7.34. The second kappa shape index (κ2) is 10.1. The Labute approximate surface area is 199 Å². The van der Waals surface area contributed by atoms with E-state index >= 15 is 0 Å². The lowest BCUT2D eigenvalue weighted by Gasteiger charge is -2.37. The lowest BCUT2D eigenvalue weighted by Crippen LogP contribution is -2.55. The molecule has 0 bridgehead atoms. The third-order valence-electron chi connectivity index (χ3n) is 5.72. The number of thioether (sulfide) groups is 1. The molecule has 2 fully saturated rings. The van der Waals surface area contributed by atoms with E-state index in [1.165, 1.54) is 23.1 Å². The van der Waals surface area contributed by atoms with Gasteiger partial charge in [0, 0.05) is 39.3 Å². The van der Waals surface area contributed by atoms with E-state index in [1.54, 1.807) is 15.9 Å². The predicted molar refractivity (Wildman–Crippen MR) is 123 cm³/mol. The first-order chi connectivity index (χ1) is 16.2. The number of ether oxygens (including phenoxy) is 3. The van der Waals surface area contributed by atoms with Crippen molar-refractivity contribution in [3.05, 3.63) is 24.3 Å². The Morgan fingerprint density at radius 2 is 1.73 bits per heavy atom. The van der Waals surface area contributed by atoms with Crippen LogP contribution in [-0.2, 0) is 14.3 Å². The number of hydrogen-bond acceptors (Lipinski definition) is 10. The van der Waals surface area contributed by atoms with Gasteiger partial charge in [-0.3, -0.25) is 9.59 Å². The highest BCUT2D eigenvalue weighted by Crippen LogP contribution is 2.31. The summed E-state index contributed by atoms with van der Waals surface area (Å²) in [5.41, 5.74) is 0. The van der Waals surface area contributed by atoms with Gasteiger partial charge in [-0.15, -0.1) is 10.2 Å². The average molecular weight is 492 g/mol. The molecule has 33 heavy (non-hydrogen) atoms. The minimum atomic E-state index is -0.657. The number of benzene rings is 1. The van der Waals surface area contributed by atoms with Crippen LogP contribution in [0.4, 0.5) is 5.13 Å². The smallest absolute Gasteiger partial charge is 0.267 e. The van der Waals surface area contributed by atoms with Gasteiger partial charge >= 0.3 is 0 Å². The second-order valence-electron chi connectivity index (χ2n) is 7.81. The quantitative estimate of drug-likeness (QED) is 0.567. The molecule has 176 valence electrons. The van der Waals surface area contributed by atoms with Crippen LogP contribution in [0.25, 0.3) is 0 Å². The first-order valence-electron chi connectivity index (χ1n) is 10.9. The molecule has 2 amide bonds. The Morgan fingerprint density at radius 3 is 2.52 bits per heavy atom. The van der Waals surface area contributed by atoms with Gasteiger partial charge in [0.25, 0.3) is 5.91 Å². The number of rotatable bonds is 5. The van der Waals surface area contributed by atoms with Crippen LogP contribution in [0, 0.1) is 0 Å². The standard InChI is InChI=1S/C21H25N5O5S2/c27-18(14-32-21-23-22-20(33-21)26-9-11-29-12-10-26)24-5-7-25(8-6-24)19(28)17-13-30-15-3-1-2-4-16(15)31-17/h1-4,17H,5-14H2. The molecular weight excluding hydrogens is 466 g/mol. The SMILES string of the molecule is O=C(CSc1nnc(N2CCOCC2)s1)N1CCN(C(=O)C2COc3ccccc3O2)CC1. The van der Waals surface area contributed by atoms with E-state index in [1.807, 2.05) is 18.2 Å².